The van der Waals surface area contributed by atoms with Gasteiger partial charge in [0.25, 0.3) is 0 Å². The van der Waals surface area contributed by atoms with E-state index in [4.69, 9.17) is 0 Å². The number of nitrogens with one attached hydrogen (secondary N) is 1. The molecule has 0 atom stereocenters. The van der Waals surface area contributed by atoms with E-state index in [1.54, 1.807) is 6.07 Å². The van der Waals surface area contributed by atoms with Crippen molar-refractivity contribution in [3.63, 3.8) is 0 Å². The maximum absolute atomic E-state index is 13.3. The number of aromatic amines is 1. The Morgan fingerprint density at radius 1 is 1.00 bits per heavy atom. The molecule has 7 heteroatoms. The van der Waals surface area contributed by atoms with Crippen LogP contribution < -0.4 is 0 Å². The van der Waals surface area contributed by atoms with Crippen LogP contribution >= 0.6 is 0 Å². The first-order valence-corrected chi connectivity index (χ1v) is 9.61. The van der Waals surface area contributed by atoms with E-state index in [0.29, 0.717) is 18.5 Å². The summed E-state index contributed by atoms with van der Waals surface area (Å²) >= 11 is 0. The van der Waals surface area contributed by atoms with E-state index >= 15 is 0 Å². The zero-order valence-electron chi connectivity index (χ0n) is 13.7. The highest BCUT2D eigenvalue weighted by Gasteiger charge is 2.26. The van der Waals surface area contributed by atoms with Gasteiger partial charge in [-0.25, -0.2) is 17.2 Å². The van der Waals surface area contributed by atoms with Crippen molar-refractivity contribution in [2.24, 2.45) is 0 Å². The molecule has 1 aromatic heterocycles. The van der Waals surface area contributed by atoms with E-state index < -0.39 is 15.8 Å². The molecule has 0 saturated heterocycles. The number of benzene rings is 2. The minimum absolute atomic E-state index is 0.0818. The van der Waals surface area contributed by atoms with E-state index in [9.17, 15) is 17.2 Å². The molecular weight excluding hydrogens is 358 g/mol. The molecule has 0 bridgehead atoms. The lowest BCUT2D eigenvalue weighted by Crippen LogP contribution is -2.34. The molecule has 134 valence electrons. The van der Waals surface area contributed by atoms with Crippen LogP contribution in [-0.4, -0.2) is 30.8 Å². The summed E-state index contributed by atoms with van der Waals surface area (Å²) in [5.74, 6) is -0.777. The number of H-pyrrole nitrogens is 1. The third-order valence-corrected chi connectivity index (χ3v) is 6.49. The van der Waals surface area contributed by atoms with Crippen molar-refractivity contribution in [3.8, 4) is 0 Å². The van der Waals surface area contributed by atoms with Crippen LogP contribution in [0, 0.1) is 11.6 Å². The summed E-state index contributed by atoms with van der Waals surface area (Å²) in [4.78, 5) is 3.13. The molecule has 1 aliphatic heterocycles. The molecule has 0 aliphatic carbocycles. The lowest BCUT2D eigenvalue weighted by molar-refractivity contribution is 0.441. The van der Waals surface area contributed by atoms with Gasteiger partial charge in [0, 0.05) is 35.8 Å². The van der Waals surface area contributed by atoms with Crippen LogP contribution in [0.2, 0.25) is 0 Å². The SMILES string of the molecule is O=S(=O)(c1ccc(F)cc1)N1CC=C(c2c[nH]c3cc(F)ccc23)CC1. The molecule has 0 radical (unpaired) electrons. The average molecular weight is 374 g/mol. The Kier molecular flexibility index (Phi) is 4.13. The molecule has 2 aromatic carbocycles. The molecular formula is C19H16F2N2O2S. The zero-order valence-corrected chi connectivity index (χ0v) is 14.6. The van der Waals surface area contributed by atoms with Crippen LogP contribution in [-0.2, 0) is 10.0 Å². The van der Waals surface area contributed by atoms with Gasteiger partial charge < -0.3 is 4.98 Å². The molecule has 0 saturated carbocycles. The maximum Gasteiger partial charge on any atom is 0.243 e. The number of fused-ring (bicyclic) bond motifs is 1. The quantitative estimate of drug-likeness (QED) is 0.755. The molecule has 1 aliphatic rings. The summed E-state index contributed by atoms with van der Waals surface area (Å²) in [6.45, 7) is 0.572. The summed E-state index contributed by atoms with van der Waals surface area (Å²) in [5, 5.41) is 0.910. The number of aromatic nitrogens is 1. The minimum Gasteiger partial charge on any atom is -0.360 e. The topological polar surface area (TPSA) is 53.2 Å². The van der Waals surface area contributed by atoms with Gasteiger partial charge in [0.05, 0.1) is 4.90 Å². The van der Waals surface area contributed by atoms with Crippen LogP contribution in [0.5, 0.6) is 0 Å². The highest BCUT2D eigenvalue weighted by Crippen LogP contribution is 2.31. The molecule has 2 heterocycles. The van der Waals surface area contributed by atoms with Crippen molar-refractivity contribution >= 4 is 26.5 Å². The molecule has 1 N–H and O–H groups in total. The second-order valence-electron chi connectivity index (χ2n) is 6.19. The first kappa shape index (κ1) is 16.9. The van der Waals surface area contributed by atoms with Crippen molar-refractivity contribution in [2.45, 2.75) is 11.3 Å². The summed E-state index contributed by atoms with van der Waals surface area (Å²) in [6, 6.07) is 9.41. The monoisotopic (exact) mass is 374 g/mol. The first-order valence-electron chi connectivity index (χ1n) is 8.17. The molecule has 0 spiro atoms. The van der Waals surface area contributed by atoms with Gasteiger partial charge in [-0.1, -0.05) is 6.08 Å². The molecule has 0 unspecified atom stereocenters. The Balaban J connectivity index is 1.60. The fraction of sp³-hybridized carbons (Fsp3) is 0.158. The first-order chi connectivity index (χ1) is 12.4. The Hall–Kier alpha value is -2.51. The number of halogens is 2. The number of hydrogen-bond donors (Lipinski definition) is 1. The van der Waals surface area contributed by atoms with E-state index in [1.807, 2.05) is 12.3 Å². The fourth-order valence-corrected chi connectivity index (χ4v) is 4.61. The van der Waals surface area contributed by atoms with E-state index in [0.717, 1.165) is 28.7 Å². The van der Waals surface area contributed by atoms with Crippen LogP contribution in [0.1, 0.15) is 12.0 Å². The van der Waals surface area contributed by atoms with Crippen LogP contribution in [0.15, 0.2) is 59.6 Å². The molecule has 4 rings (SSSR count). The van der Waals surface area contributed by atoms with Gasteiger partial charge in [-0.2, -0.15) is 4.31 Å². The van der Waals surface area contributed by atoms with Crippen LogP contribution in [0.3, 0.4) is 0 Å². The molecule has 3 aromatic rings. The maximum atomic E-state index is 13.3. The van der Waals surface area contributed by atoms with Gasteiger partial charge in [0.2, 0.25) is 10.0 Å². The van der Waals surface area contributed by atoms with Crippen molar-refractivity contribution in [1.82, 2.24) is 9.29 Å². The highest BCUT2D eigenvalue weighted by atomic mass is 32.2. The Bertz CT molecular complexity index is 1100. The normalized spacial score (nSPS) is 16.0. The number of hydrogen-bond acceptors (Lipinski definition) is 2. The lowest BCUT2D eigenvalue weighted by atomic mass is 10.00. The number of rotatable bonds is 3. The van der Waals surface area contributed by atoms with Crippen LogP contribution in [0.25, 0.3) is 16.5 Å². The predicted molar refractivity (Wildman–Crippen MR) is 96.0 cm³/mol. The molecule has 26 heavy (non-hydrogen) atoms. The van der Waals surface area contributed by atoms with Gasteiger partial charge in [-0.05, 0) is 54.5 Å². The van der Waals surface area contributed by atoms with E-state index in [-0.39, 0.29) is 17.3 Å². The average Bonchev–Trinajstić information content (AvgIpc) is 3.05. The summed E-state index contributed by atoms with van der Waals surface area (Å²) in [5.41, 5.74) is 2.69. The Labute approximate surface area is 149 Å². The standard InChI is InChI=1S/C19H16F2N2O2S/c20-14-1-4-16(5-2-14)26(24,25)23-9-7-13(8-10-23)18-12-22-19-11-15(21)3-6-17(18)19/h1-7,11-12,22H,8-10H2. The summed E-state index contributed by atoms with van der Waals surface area (Å²) < 4.78 is 53.1. The smallest absolute Gasteiger partial charge is 0.243 e. The van der Waals surface area contributed by atoms with Gasteiger partial charge >= 0.3 is 0 Å². The summed E-state index contributed by atoms with van der Waals surface area (Å²) in [7, 11) is -3.65. The van der Waals surface area contributed by atoms with E-state index in [1.165, 1.54) is 28.6 Å². The number of sulfonamides is 1. The van der Waals surface area contributed by atoms with Crippen molar-refractivity contribution in [1.29, 1.82) is 0 Å². The van der Waals surface area contributed by atoms with Crippen LogP contribution in [0.4, 0.5) is 8.78 Å². The second kappa shape index (κ2) is 6.34. The number of nitrogens with zero attached hydrogens (tertiary/aromatic N) is 1. The second-order valence-corrected chi connectivity index (χ2v) is 8.13. The minimum atomic E-state index is -3.65. The van der Waals surface area contributed by atoms with Gasteiger partial charge in [0.15, 0.2) is 0 Å². The lowest BCUT2D eigenvalue weighted by Gasteiger charge is -2.25. The predicted octanol–water partition coefficient (Wildman–Crippen LogP) is 3.92. The molecule has 0 amide bonds. The third-order valence-electron chi connectivity index (χ3n) is 4.61. The molecule has 4 nitrogen and oxygen atoms in total. The van der Waals surface area contributed by atoms with Crippen molar-refractivity contribution in [3.05, 3.63) is 71.9 Å². The van der Waals surface area contributed by atoms with Crippen molar-refractivity contribution in [2.75, 3.05) is 13.1 Å². The summed E-state index contributed by atoms with van der Waals surface area (Å²) in [6.07, 6.45) is 4.24. The van der Waals surface area contributed by atoms with Crippen molar-refractivity contribution < 1.29 is 17.2 Å². The van der Waals surface area contributed by atoms with E-state index in [2.05, 4.69) is 4.98 Å². The fourth-order valence-electron chi connectivity index (χ4n) is 3.23. The Morgan fingerprint density at radius 2 is 1.73 bits per heavy atom. The largest absolute Gasteiger partial charge is 0.360 e. The highest BCUT2D eigenvalue weighted by molar-refractivity contribution is 7.89. The van der Waals surface area contributed by atoms with Gasteiger partial charge in [-0.15, -0.1) is 0 Å². The van der Waals surface area contributed by atoms with Gasteiger partial charge in [0.1, 0.15) is 11.6 Å². The third kappa shape index (κ3) is 2.93. The Morgan fingerprint density at radius 3 is 2.42 bits per heavy atom. The zero-order chi connectivity index (χ0) is 18.3. The molecule has 0 fully saturated rings. The van der Waals surface area contributed by atoms with Gasteiger partial charge in [-0.3, -0.25) is 0 Å².